The van der Waals surface area contributed by atoms with Crippen molar-refractivity contribution >= 4 is 23.0 Å². The van der Waals surface area contributed by atoms with Gasteiger partial charge in [0.15, 0.2) is 0 Å². The summed E-state index contributed by atoms with van der Waals surface area (Å²) in [5.74, 6) is 0.739. The summed E-state index contributed by atoms with van der Waals surface area (Å²) in [6.07, 6.45) is 5.42. The van der Waals surface area contributed by atoms with Gasteiger partial charge < -0.3 is 29.0 Å². The summed E-state index contributed by atoms with van der Waals surface area (Å²) in [5, 5.41) is 19.0. The molecule has 0 radical (unpaired) electrons. The van der Waals surface area contributed by atoms with Crippen LogP contribution in [0.5, 0.6) is 0 Å². The predicted octanol–water partition coefficient (Wildman–Crippen LogP) is 3.75. The smallest absolute Gasteiger partial charge is 0.402 e. The Kier molecular flexibility index (Phi) is 8.38. The second kappa shape index (κ2) is 11.4. The molecular weight excluding hydrogens is 599 g/mol. The largest absolute Gasteiger partial charge is 2.00 e. The van der Waals surface area contributed by atoms with Gasteiger partial charge in [-0.25, -0.2) is 10.5 Å². The maximum Gasteiger partial charge on any atom is 2.00 e. The number of pyridine rings is 2. The number of hydrogen-bond donors (Lipinski definition) is 0. The van der Waals surface area contributed by atoms with Crippen molar-refractivity contribution in [3.05, 3.63) is 82.5 Å². The summed E-state index contributed by atoms with van der Waals surface area (Å²) >= 11 is 0. The van der Waals surface area contributed by atoms with Crippen molar-refractivity contribution in [1.29, 1.82) is 10.5 Å². The number of nitrogens with zero attached hydrogens (tertiary/aromatic N) is 12. The molecule has 0 unspecified atom stereocenters. The maximum absolute atomic E-state index is 9.67. The third-order valence-electron chi connectivity index (χ3n) is 6.17. The summed E-state index contributed by atoms with van der Waals surface area (Å²) in [7, 11) is 7.56. The molecule has 0 saturated carbocycles. The van der Waals surface area contributed by atoms with E-state index in [1.165, 1.54) is 9.13 Å². The van der Waals surface area contributed by atoms with Crippen LogP contribution in [-0.2, 0) is 25.8 Å². The molecule has 0 spiro atoms. The molecule has 0 aliphatic carbocycles. The third kappa shape index (κ3) is 5.13. The first-order chi connectivity index (χ1) is 18.5. The van der Waals surface area contributed by atoms with Gasteiger partial charge in [0.2, 0.25) is 0 Å². The Labute approximate surface area is 246 Å². The zero-order valence-electron chi connectivity index (χ0n) is 22.5. The van der Waals surface area contributed by atoms with Gasteiger partial charge >= 0.3 is 26.2 Å². The minimum atomic E-state index is -0.783. The number of anilines is 2. The summed E-state index contributed by atoms with van der Waals surface area (Å²) in [6, 6.07) is 11.3. The first-order valence-corrected chi connectivity index (χ1v) is 11.5. The Morgan fingerprint density at radius 1 is 0.825 bits per heavy atom. The van der Waals surface area contributed by atoms with Crippen LogP contribution >= 0.6 is 0 Å². The van der Waals surface area contributed by atoms with Crippen LogP contribution in [0.3, 0.4) is 0 Å². The molecular formula is C27H22N12Pd. The molecule has 0 aliphatic heterocycles. The van der Waals surface area contributed by atoms with E-state index in [1.807, 2.05) is 76.1 Å². The molecule has 200 valence electrons. The first-order valence-electron chi connectivity index (χ1n) is 11.5. The van der Waals surface area contributed by atoms with E-state index < -0.39 is 5.41 Å². The summed E-state index contributed by atoms with van der Waals surface area (Å²) in [4.78, 5) is 28.2. The molecule has 0 fully saturated rings. The van der Waals surface area contributed by atoms with E-state index in [-0.39, 0.29) is 43.4 Å². The van der Waals surface area contributed by atoms with Gasteiger partial charge in [-0.2, -0.15) is 0 Å². The maximum atomic E-state index is 9.67. The SMILES string of the molecule is [C-]#[N+]c1n[c-]n(-c2cc(N(C)C)cc(C(C)(C)c3cc(N(C)C)cc(-n4[c-]nc(C#N)c4C#N)n3)n2)c1[N+]#[C-].[Pd+2]. The molecule has 0 bridgehead atoms. The van der Waals surface area contributed by atoms with Crippen molar-refractivity contribution in [1.82, 2.24) is 29.1 Å². The molecule has 40 heavy (non-hydrogen) atoms. The van der Waals surface area contributed by atoms with Crippen LogP contribution in [0.4, 0.5) is 23.0 Å². The molecule has 4 aromatic rings. The number of nitriles is 2. The Bertz CT molecular complexity index is 1620. The molecule has 0 aromatic carbocycles. The van der Waals surface area contributed by atoms with Crippen molar-refractivity contribution < 1.29 is 20.4 Å². The zero-order valence-corrected chi connectivity index (χ0v) is 24.0. The fourth-order valence-electron chi connectivity index (χ4n) is 3.81. The molecule has 0 amide bonds. The molecule has 12 nitrogen and oxygen atoms in total. The van der Waals surface area contributed by atoms with E-state index in [1.54, 1.807) is 12.1 Å². The molecule has 0 aliphatic rings. The minimum Gasteiger partial charge on any atom is -0.402 e. The molecule has 0 N–H and O–H groups in total. The average molecular weight is 621 g/mol. The van der Waals surface area contributed by atoms with E-state index >= 15 is 0 Å². The fourth-order valence-corrected chi connectivity index (χ4v) is 3.81. The van der Waals surface area contributed by atoms with Crippen molar-refractivity contribution in [2.75, 3.05) is 38.0 Å². The average Bonchev–Trinajstić information content (AvgIpc) is 3.55. The fraction of sp³-hybridized carbons (Fsp3) is 0.259. The van der Waals surface area contributed by atoms with E-state index in [0.717, 1.165) is 11.4 Å². The van der Waals surface area contributed by atoms with Crippen molar-refractivity contribution in [3.63, 3.8) is 0 Å². The van der Waals surface area contributed by atoms with E-state index in [4.69, 9.17) is 23.1 Å². The van der Waals surface area contributed by atoms with Crippen LogP contribution in [0, 0.1) is 48.5 Å². The molecule has 13 heteroatoms. The standard InChI is InChI=1S/C27H22N12.Pd/c1-27(2,21-9-17(36(5)6)11-23(34-21)38-15-32-19(13-28)20(38)14-29)22-10-18(37(7)8)12-24(35-22)39-16-33-25(30-3)26(39)31-4;/h9-12H,1-2,5-8H3;/q-2;+2. The van der Waals surface area contributed by atoms with E-state index in [2.05, 4.69) is 32.3 Å². The number of imidazole rings is 2. The number of hydrogen-bond acceptors (Lipinski definition) is 8. The van der Waals surface area contributed by atoms with Crippen LogP contribution in [0.2, 0.25) is 0 Å². The van der Waals surface area contributed by atoms with Gasteiger partial charge in [0.25, 0.3) is 12.1 Å². The summed E-state index contributed by atoms with van der Waals surface area (Å²) < 4.78 is 2.75. The van der Waals surface area contributed by atoms with Gasteiger partial charge in [0.1, 0.15) is 5.82 Å². The van der Waals surface area contributed by atoms with Crippen molar-refractivity contribution in [2.45, 2.75) is 19.3 Å². The molecule has 0 saturated heterocycles. The van der Waals surface area contributed by atoms with Crippen LogP contribution in [-0.4, -0.2) is 57.3 Å². The Morgan fingerprint density at radius 2 is 1.35 bits per heavy atom. The third-order valence-corrected chi connectivity index (χ3v) is 6.17. The van der Waals surface area contributed by atoms with Crippen LogP contribution in [0.15, 0.2) is 24.3 Å². The van der Waals surface area contributed by atoms with Gasteiger partial charge in [-0.05, 0) is 38.1 Å². The second-order valence-electron chi connectivity index (χ2n) is 9.44. The molecule has 4 rings (SSSR count). The van der Waals surface area contributed by atoms with Crippen LogP contribution in [0.1, 0.15) is 36.6 Å². The van der Waals surface area contributed by atoms with Crippen LogP contribution in [0.25, 0.3) is 21.3 Å². The quantitative estimate of drug-likeness (QED) is 0.236. The van der Waals surface area contributed by atoms with Gasteiger partial charge in [-0.3, -0.25) is 14.5 Å². The number of aromatic nitrogens is 6. The summed E-state index contributed by atoms with van der Waals surface area (Å²) in [6.45, 7) is 18.8. The van der Waals surface area contributed by atoms with E-state index in [0.29, 0.717) is 23.0 Å². The Hall–Kier alpha value is -5.06. The molecule has 0 atom stereocenters. The number of rotatable bonds is 6. The summed E-state index contributed by atoms with van der Waals surface area (Å²) in [5.41, 5.74) is 2.09. The van der Waals surface area contributed by atoms with Gasteiger partial charge in [-0.15, -0.1) is 0 Å². The topological polar surface area (TPSA) is 124 Å². The minimum absolute atomic E-state index is 0. The van der Waals surface area contributed by atoms with E-state index in [9.17, 15) is 10.5 Å². The monoisotopic (exact) mass is 620 g/mol. The molecule has 4 aromatic heterocycles. The van der Waals surface area contributed by atoms with Gasteiger partial charge in [0.05, 0.1) is 23.7 Å². The first kappa shape index (κ1) is 29.5. The second-order valence-corrected chi connectivity index (χ2v) is 9.44. The van der Waals surface area contributed by atoms with Crippen molar-refractivity contribution in [2.24, 2.45) is 0 Å². The Balaban J connectivity index is 0.00000441. The van der Waals surface area contributed by atoms with Crippen LogP contribution < -0.4 is 9.80 Å². The zero-order chi connectivity index (χ0) is 28.5. The normalized spacial score (nSPS) is 10.4. The van der Waals surface area contributed by atoms with Gasteiger partial charge in [0, 0.05) is 68.4 Å². The van der Waals surface area contributed by atoms with Crippen molar-refractivity contribution in [3.8, 4) is 23.8 Å². The molecule has 4 heterocycles. The predicted molar refractivity (Wildman–Crippen MR) is 143 cm³/mol. The Morgan fingerprint density at radius 3 is 1.80 bits per heavy atom. The van der Waals surface area contributed by atoms with Gasteiger partial charge in [-0.1, -0.05) is 18.1 Å².